The fourth-order valence-corrected chi connectivity index (χ4v) is 2.32. The smallest absolute Gasteiger partial charge is 0.219 e. The number of carbonyl (C=O) groups excluding carboxylic acids is 1. The second kappa shape index (κ2) is 7.14. The van der Waals surface area contributed by atoms with Gasteiger partial charge in [0.25, 0.3) is 0 Å². The normalized spacial score (nSPS) is 10.2. The number of carbonyl (C=O) groups is 1. The van der Waals surface area contributed by atoms with Crippen molar-refractivity contribution in [1.82, 2.24) is 5.32 Å². The van der Waals surface area contributed by atoms with E-state index in [0.29, 0.717) is 18.0 Å². The first-order valence-electron chi connectivity index (χ1n) is 6.84. The summed E-state index contributed by atoms with van der Waals surface area (Å²) >= 11 is 6.10. The number of ether oxygens (including phenoxy) is 1. The molecule has 21 heavy (non-hydrogen) atoms. The van der Waals surface area contributed by atoms with Gasteiger partial charge in [-0.3, -0.25) is 4.79 Å². The van der Waals surface area contributed by atoms with E-state index in [0.717, 1.165) is 22.4 Å². The molecule has 0 fully saturated rings. The molecule has 0 radical (unpaired) electrons. The molecule has 1 amide bonds. The number of hydrogen-bond donors (Lipinski definition) is 1. The average molecular weight is 304 g/mol. The second-order valence-electron chi connectivity index (χ2n) is 4.63. The third-order valence-corrected chi connectivity index (χ3v) is 3.50. The van der Waals surface area contributed by atoms with Gasteiger partial charge in [-0.1, -0.05) is 42.8 Å². The molecule has 3 nitrogen and oxygen atoms in total. The maximum Gasteiger partial charge on any atom is 0.219 e. The fourth-order valence-electron chi connectivity index (χ4n) is 2.15. The number of rotatable bonds is 5. The summed E-state index contributed by atoms with van der Waals surface area (Å²) in [6, 6.07) is 13.4. The van der Waals surface area contributed by atoms with Crippen LogP contribution in [0.3, 0.4) is 0 Å². The molecule has 2 aromatic carbocycles. The van der Waals surface area contributed by atoms with E-state index < -0.39 is 0 Å². The number of benzene rings is 2. The van der Waals surface area contributed by atoms with Gasteiger partial charge in [0.1, 0.15) is 5.75 Å². The lowest BCUT2D eigenvalue weighted by Crippen LogP contribution is -2.21. The fraction of sp³-hybridized carbons (Fsp3) is 0.235. The Kier molecular flexibility index (Phi) is 5.23. The van der Waals surface area contributed by atoms with Crippen LogP contribution in [-0.2, 0) is 11.3 Å². The van der Waals surface area contributed by atoms with Crippen LogP contribution in [0.25, 0.3) is 11.1 Å². The molecule has 0 saturated carbocycles. The molecule has 2 aromatic rings. The summed E-state index contributed by atoms with van der Waals surface area (Å²) in [7, 11) is 1.63. The van der Waals surface area contributed by atoms with Crippen LogP contribution in [0.5, 0.6) is 5.75 Å². The second-order valence-corrected chi connectivity index (χ2v) is 5.07. The zero-order valence-corrected chi connectivity index (χ0v) is 12.9. The van der Waals surface area contributed by atoms with Gasteiger partial charge in [0.2, 0.25) is 5.91 Å². The molecule has 0 saturated heterocycles. The van der Waals surface area contributed by atoms with E-state index in [-0.39, 0.29) is 5.91 Å². The van der Waals surface area contributed by atoms with Gasteiger partial charge < -0.3 is 10.1 Å². The molecule has 0 bridgehead atoms. The molecular weight excluding hydrogens is 286 g/mol. The van der Waals surface area contributed by atoms with Crippen molar-refractivity contribution < 1.29 is 9.53 Å². The molecule has 0 aliphatic heterocycles. The molecule has 0 heterocycles. The predicted molar refractivity (Wildman–Crippen MR) is 85.6 cm³/mol. The Balaban J connectivity index is 2.40. The molecule has 0 unspecified atom stereocenters. The first kappa shape index (κ1) is 15.4. The molecule has 4 heteroatoms. The van der Waals surface area contributed by atoms with Crippen LogP contribution < -0.4 is 10.1 Å². The van der Waals surface area contributed by atoms with Crippen LogP contribution in [0.4, 0.5) is 0 Å². The van der Waals surface area contributed by atoms with Gasteiger partial charge in [-0.05, 0) is 29.3 Å². The summed E-state index contributed by atoms with van der Waals surface area (Å²) in [5.41, 5.74) is 2.96. The van der Waals surface area contributed by atoms with Crippen LogP contribution in [0, 0.1) is 0 Å². The van der Waals surface area contributed by atoms with Crippen LogP contribution >= 0.6 is 11.6 Å². The summed E-state index contributed by atoms with van der Waals surface area (Å²) in [4.78, 5) is 11.5. The van der Waals surface area contributed by atoms with Crippen molar-refractivity contribution in [2.24, 2.45) is 0 Å². The van der Waals surface area contributed by atoms with Gasteiger partial charge in [-0.15, -0.1) is 0 Å². The van der Waals surface area contributed by atoms with E-state index in [1.807, 2.05) is 43.3 Å². The molecular formula is C17H18ClNO2. The van der Waals surface area contributed by atoms with Crippen molar-refractivity contribution >= 4 is 17.5 Å². The first-order chi connectivity index (χ1) is 10.2. The number of amides is 1. The molecule has 110 valence electrons. The topological polar surface area (TPSA) is 38.3 Å². The van der Waals surface area contributed by atoms with Crippen molar-refractivity contribution in [2.75, 3.05) is 7.11 Å². The third kappa shape index (κ3) is 3.76. The quantitative estimate of drug-likeness (QED) is 0.905. The van der Waals surface area contributed by atoms with Crippen molar-refractivity contribution in [1.29, 1.82) is 0 Å². The molecule has 0 spiro atoms. The Morgan fingerprint density at radius 1 is 1.19 bits per heavy atom. The number of methoxy groups -OCH3 is 1. The van der Waals surface area contributed by atoms with Gasteiger partial charge in [0, 0.05) is 23.6 Å². The summed E-state index contributed by atoms with van der Waals surface area (Å²) in [5, 5.41) is 3.55. The average Bonchev–Trinajstić information content (AvgIpc) is 2.52. The lowest BCUT2D eigenvalue weighted by Gasteiger charge is -2.14. The van der Waals surface area contributed by atoms with Crippen LogP contribution in [0.15, 0.2) is 42.5 Å². The van der Waals surface area contributed by atoms with Gasteiger partial charge in [-0.25, -0.2) is 0 Å². The zero-order valence-electron chi connectivity index (χ0n) is 12.2. The van der Waals surface area contributed by atoms with E-state index in [9.17, 15) is 4.79 Å². The molecule has 0 atom stereocenters. The number of nitrogens with one attached hydrogen (secondary N) is 1. The molecule has 0 aromatic heterocycles. The van der Waals surface area contributed by atoms with Gasteiger partial charge in [0.05, 0.1) is 7.11 Å². The molecule has 0 aliphatic rings. The Morgan fingerprint density at radius 2 is 1.95 bits per heavy atom. The highest BCUT2D eigenvalue weighted by Gasteiger charge is 2.11. The minimum Gasteiger partial charge on any atom is -0.496 e. The summed E-state index contributed by atoms with van der Waals surface area (Å²) in [6.45, 7) is 2.32. The molecule has 2 rings (SSSR count). The van der Waals surface area contributed by atoms with E-state index in [4.69, 9.17) is 16.3 Å². The SMILES string of the molecule is CCC(=O)NCc1ccccc1-c1cc(Cl)ccc1OC. The molecule has 1 N–H and O–H groups in total. The third-order valence-electron chi connectivity index (χ3n) is 3.27. The maximum atomic E-state index is 11.5. The highest BCUT2D eigenvalue weighted by molar-refractivity contribution is 6.31. The molecule has 0 aliphatic carbocycles. The lowest BCUT2D eigenvalue weighted by atomic mass is 9.98. The van der Waals surface area contributed by atoms with E-state index in [1.54, 1.807) is 13.2 Å². The Bertz CT molecular complexity index is 640. The number of hydrogen-bond acceptors (Lipinski definition) is 2. The highest BCUT2D eigenvalue weighted by Crippen LogP contribution is 2.34. The Morgan fingerprint density at radius 3 is 2.67 bits per heavy atom. The van der Waals surface area contributed by atoms with Crippen molar-refractivity contribution in [2.45, 2.75) is 19.9 Å². The van der Waals surface area contributed by atoms with Crippen molar-refractivity contribution in [3.63, 3.8) is 0 Å². The van der Waals surface area contributed by atoms with Crippen molar-refractivity contribution in [3.05, 3.63) is 53.1 Å². The predicted octanol–water partition coefficient (Wildman–Crippen LogP) is 4.04. The van der Waals surface area contributed by atoms with Gasteiger partial charge in [-0.2, -0.15) is 0 Å². The maximum absolute atomic E-state index is 11.5. The summed E-state index contributed by atoms with van der Waals surface area (Å²) in [6.07, 6.45) is 0.475. The zero-order chi connectivity index (χ0) is 15.2. The minimum absolute atomic E-state index is 0.0304. The van der Waals surface area contributed by atoms with E-state index in [1.165, 1.54) is 0 Å². The monoisotopic (exact) mass is 303 g/mol. The van der Waals surface area contributed by atoms with Crippen LogP contribution in [0.2, 0.25) is 5.02 Å². The minimum atomic E-state index is 0.0304. The van der Waals surface area contributed by atoms with E-state index in [2.05, 4.69) is 5.32 Å². The summed E-state index contributed by atoms with van der Waals surface area (Å²) in [5.74, 6) is 0.788. The van der Waals surface area contributed by atoms with Gasteiger partial charge in [0.15, 0.2) is 0 Å². The standard InChI is InChI=1S/C17H18ClNO2/c1-3-17(20)19-11-12-6-4-5-7-14(12)15-10-13(18)8-9-16(15)21-2/h4-10H,3,11H2,1-2H3,(H,19,20). The lowest BCUT2D eigenvalue weighted by molar-refractivity contribution is -0.120. The number of halogens is 1. The Labute approximate surface area is 129 Å². The van der Waals surface area contributed by atoms with Crippen molar-refractivity contribution in [3.8, 4) is 16.9 Å². The summed E-state index contributed by atoms with van der Waals surface area (Å²) < 4.78 is 5.41. The Hall–Kier alpha value is -2.00. The van der Waals surface area contributed by atoms with E-state index >= 15 is 0 Å². The first-order valence-corrected chi connectivity index (χ1v) is 7.22. The van der Waals surface area contributed by atoms with Crippen LogP contribution in [0.1, 0.15) is 18.9 Å². The highest BCUT2D eigenvalue weighted by atomic mass is 35.5. The largest absolute Gasteiger partial charge is 0.496 e. The van der Waals surface area contributed by atoms with Gasteiger partial charge >= 0.3 is 0 Å². The van der Waals surface area contributed by atoms with Crippen LogP contribution in [-0.4, -0.2) is 13.0 Å².